The molecule has 0 bridgehead atoms. The van der Waals surface area contributed by atoms with Gasteiger partial charge in [0.1, 0.15) is 0 Å². The van der Waals surface area contributed by atoms with Gasteiger partial charge in [0.25, 0.3) is 11.6 Å². The molecule has 0 aliphatic rings. The average molecular weight is 252 g/mol. The number of aryl methyl sites for hydroxylation is 1. The first kappa shape index (κ1) is 13.6. The number of hydrogen-bond acceptors (Lipinski definition) is 4. The van der Waals surface area contributed by atoms with E-state index in [0.29, 0.717) is 5.56 Å². The molecule has 7 nitrogen and oxygen atoms in total. The highest BCUT2D eigenvalue weighted by Gasteiger charge is 2.14. The van der Waals surface area contributed by atoms with Gasteiger partial charge in [-0.1, -0.05) is 6.07 Å². The van der Waals surface area contributed by atoms with E-state index in [1.54, 1.807) is 6.92 Å². The highest BCUT2D eigenvalue weighted by Crippen LogP contribution is 2.17. The van der Waals surface area contributed by atoms with E-state index >= 15 is 0 Å². The van der Waals surface area contributed by atoms with Crippen LogP contribution in [0.2, 0.25) is 0 Å². The highest BCUT2D eigenvalue weighted by atomic mass is 16.6. The zero-order chi connectivity index (χ0) is 13.7. The third-order valence-electron chi connectivity index (χ3n) is 2.30. The molecular formula is C11H12N2O5. The molecule has 0 aliphatic heterocycles. The van der Waals surface area contributed by atoms with Crippen LogP contribution in [0, 0.1) is 17.0 Å². The zero-order valence-corrected chi connectivity index (χ0v) is 9.67. The monoisotopic (exact) mass is 252 g/mol. The van der Waals surface area contributed by atoms with Crippen molar-refractivity contribution in [3.8, 4) is 0 Å². The largest absolute Gasteiger partial charge is 0.481 e. The lowest BCUT2D eigenvalue weighted by Gasteiger charge is -2.06. The van der Waals surface area contributed by atoms with Crippen molar-refractivity contribution < 1.29 is 19.6 Å². The van der Waals surface area contributed by atoms with Crippen LogP contribution in [-0.4, -0.2) is 28.5 Å². The van der Waals surface area contributed by atoms with E-state index in [4.69, 9.17) is 5.11 Å². The van der Waals surface area contributed by atoms with Gasteiger partial charge in [0, 0.05) is 24.2 Å². The van der Waals surface area contributed by atoms with Crippen molar-refractivity contribution in [1.82, 2.24) is 5.32 Å². The minimum atomic E-state index is -1.02. The summed E-state index contributed by atoms with van der Waals surface area (Å²) in [7, 11) is 0. The van der Waals surface area contributed by atoms with Gasteiger partial charge in [0.2, 0.25) is 0 Å². The molecule has 0 spiro atoms. The highest BCUT2D eigenvalue weighted by molar-refractivity contribution is 5.96. The topological polar surface area (TPSA) is 110 Å². The van der Waals surface area contributed by atoms with Gasteiger partial charge in [-0.2, -0.15) is 0 Å². The summed E-state index contributed by atoms with van der Waals surface area (Å²) in [6.07, 6.45) is -0.195. The van der Waals surface area contributed by atoms with Crippen LogP contribution < -0.4 is 5.32 Å². The van der Waals surface area contributed by atoms with Gasteiger partial charge in [-0.3, -0.25) is 19.7 Å². The summed E-state index contributed by atoms with van der Waals surface area (Å²) >= 11 is 0. The second kappa shape index (κ2) is 5.76. The van der Waals surface area contributed by atoms with Crippen LogP contribution in [0.4, 0.5) is 5.69 Å². The summed E-state index contributed by atoms with van der Waals surface area (Å²) in [6, 6.07) is 3.96. The van der Waals surface area contributed by atoms with E-state index in [1.807, 2.05) is 0 Å². The predicted octanol–water partition coefficient (Wildman–Crippen LogP) is 1.11. The van der Waals surface area contributed by atoms with Gasteiger partial charge < -0.3 is 10.4 Å². The molecule has 1 aromatic carbocycles. The molecule has 18 heavy (non-hydrogen) atoms. The van der Waals surface area contributed by atoms with Crippen LogP contribution in [-0.2, 0) is 4.79 Å². The summed E-state index contributed by atoms with van der Waals surface area (Å²) in [5.41, 5.74) is 0.590. The number of nitro groups is 1. The van der Waals surface area contributed by atoms with Crippen molar-refractivity contribution in [3.63, 3.8) is 0 Å². The number of carboxylic acid groups (broad SMARTS) is 1. The van der Waals surface area contributed by atoms with Gasteiger partial charge in [-0.15, -0.1) is 0 Å². The van der Waals surface area contributed by atoms with Crippen molar-refractivity contribution in [3.05, 3.63) is 39.4 Å². The number of amides is 1. The minimum absolute atomic E-state index is 0.0176. The summed E-state index contributed by atoms with van der Waals surface area (Å²) in [5, 5.41) is 21.4. The van der Waals surface area contributed by atoms with Gasteiger partial charge in [0.15, 0.2) is 0 Å². The number of benzene rings is 1. The summed E-state index contributed by atoms with van der Waals surface area (Å²) in [5.74, 6) is -1.54. The third kappa shape index (κ3) is 3.55. The van der Waals surface area contributed by atoms with Crippen LogP contribution in [0.3, 0.4) is 0 Å². The second-order valence-corrected chi connectivity index (χ2v) is 3.66. The quantitative estimate of drug-likeness (QED) is 0.602. The zero-order valence-electron chi connectivity index (χ0n) is 9.67. The number of carbonyl (C=O) groups excluding carboxylic acids is 1. The Labute approximate surface area is 103 Å². The van der Waals surface area contributed by atoms with E-state index in [9.17, 15) is 19.7 Å². The van der Waals surface area contributed by atoms with E-state index < -0.39 is 16.8 Å². The Morgan fingerprint density at radius 3 is 2.67 bits per heavy atom. The Hall–Kier alpha value is -2.44. The lowest BCUT2D eigenvalue weighted by molar-refractivity contribution is -0.384. The number of nitro benzene ring substituents is 1. The van der Waals surface area contributed by atoms with Crippen molar-refractivity contribution >= 4 is 17.6 Å². The van der Waals surface area contributed by atoms with Crippen LogP contribution in [0.15, 0.2) is 18.2 Å². The lowest BCUT2D eigenvalue weighted by atomic mass is 10.1. The molecule has 0 aromatic heterocycles. The standard InChI is InChI=1S/C11H12N2O5/c1-7-2-3-8(13(17)18)6-9(7)11(16)12-5-4-10(14)15/h2-3,6H,4-5H2,1H3,(H,12,16)(H,14,15). The predicted molar refractivity (Wildman–Crippen MR) is 62.4 cm³/mol. The first-order valence-corrected chi connectivity index (χ1v) is 5.17. The van der Waals surface area contributed by atoms with Crippen LogP contribution in [0.25, 0.3) is 0 Å². The molecule has 7 heteroatoms. The van der Waals surface area contributed by atoms with Crippen molar-refractivity contribution in [1.29, 1.82) is 0 Å². The fraction of sp³-hybridized carbons (Fsp3) is 0.273. The molecule has 0 fully saturated rings. The molecular weight excluding hydrogens is 240 g/mol. The van der Waals surface area contributed by atoms with Crippen molar-refractivity contribution in [2.24, 2.45) is 0 Å². The molecule has 1 amide bonds. The first-order valence-electron chi connectivity index (χ1n) is 5.17. The van der Waals surface area contributed by atoms with Gasteiger partial charge >= 0.3 is 5.97 Å². The molecule has 0 saturated heterocycles. The smallest absolute Gasteiger partial charge is 0.305 e. The second-order valence-electron chi connectivity index (χ2n) is 3.66. The number of carboxylic acids is 1. The molecule has 2 N–H and O–H groups in total. The summed E-state index contributed by atoms with van der Waals surface area (Å²) in [4.78, 5) is 32.0. The maximum absolute atomic E-state index is 11.7. The Morgan fingerprint density at radius 2 is 2.11 bits per heavy atom. The van der Waals surface area contributed by atoms with Gasteiger partial charge in [0.05, 0.1) is 11.3 Å². The van der Waals surface area contributed by atoms with Crippen LogP contribution in [0.5, 0.6) is 0 Å². The normalized spacial score (nSPS) is 9.83. The Balaban J connectivity index is 2.81. The first-order chi connectivity index (χ1) is 8.41. The Bertz CT molecular complexity index is 498. The Kier molecular flexibility index (Phi) is 4.36. The van der Waals surface area contributed by atoms with E-state index in [-0.39, 0.29) is 24.2 Å². The molecule has 96 valence electrons. The molecule has 0 heterocycles. The maximum Gasteiger partial charge on any atom is 0.305 e. The molecule has 0 saturated carbocycles. The van der Waals surface area contributed by atoms with E-state index in [0.717, 1.165) is 0 Å². The molecule has 0 radical (unpaired) electrons. The fourth-order valence-electron chi connectivity index (χ4n) is 1.35. The number of nitrogens with one attached hydrogen (secondary N) is 1. The van der Waals surface area contributed by atoms with E-state index in [1.165, 1.54) is 18.2 Å². The van der Waals surface area contributed by atoms with Gasteiger partial charge in [-0.05, 0) is 12.5 Å². The van der Waals surface area contributed by atoms with E-state index in [2.05, 4.69) is 5.32 Å². The average Bonchev–Trinajstić information content (AvgIpc) is 2.28. The number of aliphatic carboxylic acids is 1. The molecule has 0 unspecified atom stereocenters. The number of non-ortho nitro benzene ring substituents is 1. The maximum atomic E-state index is 11.7. The lowest BCUT2D eigenvalue weighted by Crippen LogP contribution is -2.26. The fourth-order valence-corrected chi connectivity index (χ4v) is 1.35. The SMILES string of the molecule is Cc1ccc([N+](=O)[O-])cc1C(=O)NCCC(=O)O. The number of hydrogen-bond donors (Lipinski definition) is 2. The number of nitrogens with zero attached hydrogens (tertiary/aromatic N) is 1. The third-order valence-corrected chi connectivity index (χ3v) is 2.30. The number of carbonyl (C=O) groups is 2. The van der Waals surface area contributed by atoms with Crippen molar-refractivity contribution in [2.75, 3.05) is 6.54 Å². The summed E-state index contributed by atoms with van der Waals surface area (Å²) in [6.45, 7) is 1.63. The molecule has 0 aliphatic carbocycles. The molecule has 1 aromatic rings. The van der Waals surface area contributed by atoms with Crippen molar-refractivity contribution in [2.45, 2.75) is 13.3 Å². The summed E-state index contributed by atoms with van der Waals surface area (Å²) < 4.78 is 0. The number of rotatable bonds is 5. The van der Waals surface area contributed by atoms with Crippen LogP contribution >= 0.6 is 0 Å². The molecule has 0 atom stereocenters. The van der Waals surface area contributed by atoms with Crippen LogP contribution in [0.1, 0.15) is 22.3 Å². The Morgan fingerprint density at radius 1 is 1.44 bits per heavy atom. The minimum Gasteiger partial charge on any atom is -0.481 e. The van der Waals surface area contributed by atoms with Gasteiger partial charge in [-0.25, -0.2) is 0 Å². The molecule has 1 rings (SSSR count).